The van der Waals surface area contributed by atoms with E-state index >= 15 is 0 Å². The number of hydrogen-bond acceptors (Lipinski definition) is 8. The van der Waals surface area contributed by atoms with Crippen LogP contribution in [0.4, 0.5) is 5.82 Å². The molecule has 1 aromatic carbocycles. The van der Waals surface area contributed by atoms with Crippen molar-refractivity contribution in [3.8, 4) is 11.4 Å². The Balaban J connectivity index is 1.27. The minimum Gasteiger partial charge on any atom is -0.612 e. The van der Waals surface area contributed by atoms with Gasteiger partial charge in [-0.05, 0) is 67.4 Å². The van der Waals surface area contributed by atoms with Crippen LogP contribution in [0.5, 0.6) is 0 Å². The predicted molar refractivity (Wildman–Crippen MR) is 141 cm³/mol. The minimum absolute atomic E-state index is 0.123. The minimum atomic E-state index is -1.02. The summed E-state index contributed by atoms with van der Waals surface area (Å²) in [5, 5.41) is 3.21. The van der Waals surface area contributed by atoms with Crippen molar-refractivity contribution >= 4 is 28.2 Å². The van der Waals surface area contributed by atoms with Crippen LogP contribution in [0.15, 0.2) is 46.5 Å². The zero-order valence-electron chi connectivity index (χ0n) is 20.6. The van der Waals surface area contributed by atoms with Crippen LogP contribution < -0.4 is 10.9 Å². The number of anilines is 1. The van der Waals surface area contributed by atoms with Crippen LogP contribution in [-0.2, 0) is 17.7 Å². The molecule has 0 spiro atoms. The van der Waals surface area contributed by atoms with Gasteiger partial charge in [0.15, 0.2) is 22.2 Å². The third-order valence-corrected chi connectivity index (χ3v) is 8.25. The molecule has 0 saturated heterocycles. The summed E-state index contributed by atoms with van der Waals surface area (Å²) in [7, 11) is 0. The molecular formula is C27H27N7O2S. The first-order chi connectivity index (χ1) is 18.1. The van der Waals surface area contributed by atoms with Gasteiger partial charge in [-0.25, -0.2) is 24.9 Å². The van der Waals surface area contributed by atoms with Crippen LogP contribution in [0.25, 0.3) is 22.6 Å². The summed E-state index contributed by atoms with van der Waals surface area (Å²) < 4.78 is 13.4. The van der Waals surface area contributed by atoms with Crippen molar-refractivity contribution in [1.82, 2.24) is 29.5 Å². The van der Waals surface area contributed by atoms with E-state index in [1.54, 1.807) is 23.3 Å². The largest absolute Gasteiger partial charge is 0.612 e. The second kappa shape index (κ2) is 8.88. The summed E-state index contributed by atoms with van der Waals surface area (Å²) in [4.78, 5) is 37.9. The third-order valence-electron chi connectivity index (χ3n) is 7.32. The monoisotopic (exact) mass is 513 g/mol. The van der Waals surface area contributed by atoms with Gasteiger partial charge in [0.2, 0.25) is 0 Å². The highest BCUT2D eigenvalue weighted by molar-refractivity contribution is 7.90. The Morgan fingerprint density at radius 2 is 1.65 bits per heavy atom. The zero-order chi connectivity index (χ0) is 25.1. The fraction of sp³-hybridized carbons (Fsp3) is 0.407. The van der Waals surface area contributed by atoms with Crippen molar-refractivity contribution in [2.45, 2.75) is 67.8 Å². The highest BCUT2D eigenvalue weighted by Gasteiger charge is 2.36. The molecule has 4 aromatic rings. The van der Waals surface area contributed by atoms with Crippen molar-refractivity contribution in [3.63, 3.8) is 0 Å². The average Bonchev–Trinajstić information content (AvgIpc) is 3.77. The summed E-state index contributed by atoms with van der Waals surface area (Å²) in [6.45, 7) is 0.435. The molecule has 188 valence electrons. The first kappa shape index (κ1) is 22.8. The zero-order valence-corrected chi connectivity index (χ0v) is 21.4. The molecule has 3 aromatic heterocycles. The lowest BCUT2D eigenvalue weighted by molar-refractivity contribution is 0.601. The van der Waals surface area contributed by atoms with E-state index < -0.39 is 11.2 Å². The number of aromatic nitrogens is 6. The Morgan fingerprint density at radius 1 is 0.973 bits per heavy atom. The van der Waals surface area contributed by atoms with Gasteiger partial charge >= 0.3 is 0 Å². The molecule has 37 heavy (non-hydrogen) atoms. The van der Waals surface area contributed by atoms with Crippen LogP contribution in [0.1, 0.15) is 73.4 Å². The van der Waals surface area contributed by atoms with E-state index in [-0.39, 0.29) is 11.6 Å². The van der Waals surface area contributed by atoms with Crippen LogP contribution in [0, 0.1) is 0 Å². The van der Waals surface area contributed by atoms with Gasteiger partial charge in [-0.1, -0.05) is 12.1 Å². The first-order valence-corrected chi connectivity index (χ1v) is 14.4. The molecule has 3 heterocycles. The third kappa shape index (κ3) is 4.38. The van der Waals surface area contributed by atoms with E-state index in [1.807, 2.05) is 24.3 Å². The van der Waals surface area contributed by atoms with Gasteiger partial charge in [0.05, 0.1) is 23.1 Å². The second-order valence-corrected chi connectivity index (χ2v) is 11.7. The van der Waals surface area contributed by atoms with Gasteiger partial charge in [-0.3, -0.25) is 9.36 Å². The van der Waals surface area contributed by atoms with E-state index in [0.717, 1.165) is 65.9 Å². The first-order valence-electron chi connectivity index (χ1n) is 12.9. The molecule has 3 saturated carbocycles. The number of fused-ring (bicyclic) bond motifs is 1. The van der Waals surface area contributed by atoms with E-state index in [0.29, 0.717) is 41.2 Å². The van der Waals surface area contributed by atoms with Crippen LogP contribution >= 0.6 is 0 Å². The SMILES string of the molecule is C[S+]([O-])c1ccc(CNc2nc3cnc(-c4c(C5CC5)ncnc4C4CC4)nc3n(C3CC3)c2=O)cc1. The fourth-order valence-corrected chi connectivity index (χ4v) is 5.39. The predicted octanol–water partition coefficient (Wildman–Crippen LogP) is 4.08. The standard InChI is InChI=1S/C27H27N7O2S/c1-37(36)19-10-2-15(3-11-19)12-28-25-27(35)34(18-8-9-18)26-20(32-25)13-29-24(33-26)21-22(16-4-5-16)30-14-31-23(21)17-6-7-17/h2-3,10-11,13-14,16-18H,4-9,12H2,1H3,(H,28,32). The number of rotatable bonds is 8. The molecule has 1 atom stereocenters. The molecule has 0 amide bonds. The van der Waals surface area contributed by atoms with Crippen LogP contribution in [0.2, 0.25) is 0 Å². The second-order valence-electron chi connectivity index (χ2n) is 10.3. The van der Waals surface area contributed by atoms with Gasteiger partial charge in [-0.2, -0.15) is 0 Å². The van der Waals surface area contributed by atoms with Crippen molar-refractivity contribution in [3.05, 3.63) is 64.1 Å². The summed E-state index contributed by atoms with van der Waals surface area (Å²) in [5.74, 6) is 1.77. The Morgan fingerprint density at radius 3 is 2.24 bits per heavy atom. The number of nitrogens with one attached hydrogen (secondary N) is 1. The Labute approximate surface area is 217 Å². The smallest absolute Gasteiger partial charge is 0.295 e. The lowest BCUT2D eigenvalue weighted by Crippen LogP contribution is -2.25. The molecule has 1 N–H and O–H groups in total. The molecule has 10 heteroatoms. The maximum absolute atomic E-state index is 13.6. The maximum atomic E-state index is 13.6. The molecule has 0 bridgehead atoms. The highest BCUT2D eigenvalue weighted by atomic mass is 32.2. The van der Waals surface area contributed by atoms with E-state index in [9.17, 15) is 9.35 Å². The van der Waals surface area contributed by atoms with Crippen molar-refractivity contribution in [2.75, 3.05) is 11.6 Å². The summed E-state index contributed by atoms with van der Waals surface area (Å²) >= 11 is -1.02. The van der Waals surface area contributed by atoms with E-state index in [1.165, 1.54) is 0 Å². The molecule has 1 unspecified atom stereocenters. The van der Waals surface area contributed by atoms with Crippen molar-refractivity contribution < 1.29 is 4.55 Å². The van der Waals surface area contributed by atoms with Gasteiger partial charge in [0, 0.05) is 24.4 Å². The van der Waals surface area contributed by atoms with E-state index in [4.69, 9.17) is 9.97 Å². The van der Waals surface area contributed by atoms with Crippen LogP contribution in [0.3, 0.4) is 0 Å². The molecule has 0 aliphatic heterocycles. The molecule has 7 rings (SSSR count). The van der Waals surface area contributed by atoms with Crippen molar-refractivity contribution in [1.29, 1.82) is 0 Å². The quantitative estimate of drug-likeness (QED) is 0.350. The summed E-state index contributed by atoms with van der Waals surface area (Å²) in [6.07, 6.45) is 11.5. The van der Waals surface area contributed by atoms with Gasteiger partial charge < -0.3 is 9.87 Å². The van der Waals surface area contributed by atoms with Gasteiger partial charge in [-0.15, -0.1) is 0 Å². The van der Waals surface area contributed by atoms with Crippen molar-refractivity contribution in [2.24, 2.45) is 0 Å². The molecule has 0 radical (unpaired) electrons. The highest BCUT2D eigenvalue weighted by Crippen LogP contribution is 2.48. The molecular weight excluding hydrogens is 486 g/mol. The van der Waals surface area contributed by atoms with Gasteiger partial charge in [0.25, 0.3) is 5.56 Å². The number of benzene rings is 1. The van der Waals surface area contributed by atoms with Crippen LogP contribution in [-0.4, -0.2) is 40.3 Å². The topological polar surface area (TPSA) is 122 Å². The lowest BCUT2D eigenvalue weighted by Gasteiger charge is -2.15. The number of hydrogen-bond donors (Lipinski definition) is 1. The van der Waals surface area contributed by atoms with Gasteiger partial charge in [0.1, 0.15) is 18.1 Å². The Bertz CT molecular complexity index is 1530. The fourth-order valence-electron chi connectivity index (χ4n) is 4.87. The average molecular weight is 514 g/mol. The maximum Gasteiger partial charge on any atom is 0.295 e. The molecule has 3 aliphatic rings. The Hall–Kier alpha value is -3.37. The molecule has 3 fully saturated rings. The molecule has 9 nitrogen and oxygen atoms in total. The Kier molecular flexibility index (Phi) is 5.47. The summed E-state index contributed by atoms with van der Waals surface area (Å²) in [5.41, 5.74) is 5.02. The lowest BCUT2D eigenvalue weighted by atomic mass is 10.0. The normalized spacial score (nSPS) is 18.2. The van der Waals surface area contributed by atoms with E-state index in [2.05, 4.69) is 20.3 Å². The summed E-state index contributed by atoms with van der Waals surface area (Å²) in [6, 6.07) is 7.64. The molecule has 3 aliphatic carbocycles. The number of nitrogens with zero attached hydrogens (tertiary/aromatic N) is 6.